The minimum absolute atomic E-state index is 0.848. The van der Waals surface area contributed by atoms with E-state index < -0.39 is 0 Å². The standard InChI is InChI=1S/C26H20N4S/c1-17-7-8-18(2)29(17)24-12-14-31-26(24)22-16-25-27-13-11-23(30(25)28-22)21-10-9-19-5-3-4-6-20(19)15-21/h3-16H,1-2H3. The van der Waals surface area contributed by atoms with Crippen LogP contribution in [-0.4, -0.2) is 19.2 Å². The van der Waals surface area contributed by atoms with Crippen LogP contribution in [0.1, 0.15) is 11.4 Å². The molecule has 6 rings (SSSR count). The molecule has 4 nitrogen and oxygen atoms in total. The first kappa shape index (κ1) is 18.1. The summed E-state index contributed by atoms with van der Waals surface area (Å²) in [7, 11) is 0. The molecule has 0 aliphatic rings. The Morgan fingerprint density at radius 1 is 0.806 bits per heavy atom. The van der Waals surface area contributed by atoms with Crippen LogP contribution in [-0.2, 0) is 0 Å². The number of hydrogen-bond acceptors (Lipinski definition) is 3. The first-order valence-corrected chi connectivity index (χ1v) is 11.1. The summed E-state index contributed by atoms with van der Waals surface area (Å²) in [4.78, 5) is 5.74. The number of aromatic nitrogens is 4. The van der Waals surface area contributed by atoms with E-state index in [9.17, 15) is 0 Å². The second-order valence-corrected chi connectivity index (χ2v) is 8.69. The minimum atomic E-state index is 0.848. The lowest BCUT2D eigenvalue weighted by atomic mass is 10.1. The molecule has 0 saturated carbocycles. The zero-order valence-electron chi connectivity index (χ0n) is 17.3. The van der Waals surface area contributed by atoms with Gasteiger partial charge in [0.05, 0.1) is 16.3 Å². The van der Waals surface area contributed by atoms with Crippen LogP contribution in [0.3, 0.4) is 0 Å². The van der Waals surface area contributed by atoms with Gasteiger partial charge in [-0.05, 0) is 60.3 Å². The van der Waals surface area contributed by atoms with Gasteiger partial charge < -0.3 is 4.57 Å². The van der Waals surface area contributed by atoms with Crippen LogP contribution in [0.5, 0.6) is 0 Å². The molecule has 4 aromatic heterocycles. The largest absolute Gasteiger partial charge is 0.317 e. The fourth-order valence-electron chi connectivity index (χ4n) is 4.29. The first-order chi connectivity index (χ1) is 15.2. The van der Waals surface area contributed by atoms with Crippen molar-refractivity contribution in [2.45, 2.75) is 13.8 Å². The highest BCUT2D eigenvalue weighted by Gasteiger charge is 2.17. The summed E-state index contributed by atoms with van der Waals surface area (Å²) in [5, 5.41) is 9.58. The normalized spacial score (nSPS) is 11.5. The summed E-state index contributed by atoms with van der Waals surface area (Å²) in [6.45, 7) is 4.27. The third-order valence-electron chi connectivity index (χ3n) is 5.79. The molecule has 0 aliphatic carbocycles. The smallest absolute Gasteiger partial charge is 0.156 e. The van der Waals surface area contributed by atoms with Gasteiger partial charge >= 0.3 is 0 Å². The minimum Gasteiger partial charge on any atom is -0.317 e. The fraction of sp³-hybridized carbons (Fsp3) is 0.0769. The molecule has 0 fully saturated rings. The van der Waals surface area contributed by atoms with E-state index >= 15 is 0 Å². The molecule has 0 bridgehead atoms. The van der Waals surface area contributed by atoms with Crippen LogP contribution in [0.2, 0.25) is 0 Å². The molecule has 2 aromatic carbocycles. The van der Waals surface area contributed by atoms with E-state index in [1.807, 2.05) is 16.8 Å². The molecule has 0 saturated heterocycles. The van der Waals surface area contributed by atoms with Crippen LogP contribution < -0.4 is 0 Å². The van der Waals surface area contributed by atoms with Crippen LogP contribution in [0.25, 0.3) is 43.9 Å². The van der Waals surface area contributed by atoms with Gasteiger partial charge in [0.2, 0.25) is 0 Å². The number of hydrogen-bond donors (Lipinski definition) is 0. The SMILES string of the molecule is Cc1ccc(C)n1-c1ccsc1-c1cc2nccc(-c3ccc4ccccc4c3)n2n1. The van der Waals surface area contributed by atoms with Gasteiger partial charge in [-0.25, -0.2) is 9.50 Å². The Hall–Kier alpha value is -3.70. The quantitative estimate of drug-likeness (QED) is 0.320. The molecule has 5 heteroatoms. The number of fused-ring (bicyclic) bond motifs is 2. The highest BCUT2D eigenvalue weighted by molar-refractivity contribution is 7.14. The lowest BCUT2D eigenvalue weighted by Crippen LogP contribution is -1.99. The molecule has 0 amide bonds. The number of thiophene rings is 1. The van der Waals surface area contributed by atoms with E-state index in [1.54, 1.807) is 11.3 Å². The summed E-state index contributed by atoms with van der Waals surface area (Å²) in [5.74, 6) is 0. The van der Waals surface area contributed by atoms with E-state index in [4.69, 9.17) is 5.10 Å². The van der Waals surface area contributed by atoms with Gasteiger partial charge in [-0.2, -0.15) is 5.10 Å². The summed E-state index contributed by atoms with van der Waals surface area (Å²) < 4.78 is 4.24. The maximum absolute atomic E-state index is 4.99. The predicted octanol–water partition coefficient (Wildman–Crippen LogP) is 6.69. The van der Waals surface area contributed by atoms with Gasteiger partial charge in [0.1, 0.15) is 5.69 Å². The predicted molar refractivity (Wildman–Crippen MR) is 128 cm³/mol. The molecule has 0 spiro atoms. The second-order valence-electron chi connectivity index (χ2n) is 7.78. The van der Waals surface area contributed by atoms with Crippen LogP contribution in [0.4, 0.5) is 0 Å². The van der Waals surface area contributed by atoms with Crippen molar-refractivity contribution in [2.24, 2.45) is 0 Å². The van der Waals surface area contributed by atoms with E-state index in [-0.39, 0.29) is 0 Å². The van der Waals surface area contributed by atoms with Crippen molar-refractivity contribution in [3.63, 3.8) is 0 Å². The monoisotopic (exact) mass is 420 g/mol. The Morgan fingerprint density at radius 2 is 1.61 bits per heavy atom. The van der Waals surface area contributed by atoms with Gasteiger partial charge in [-0.3, -0.25) is 0 Å². The van der Waals surface area contributed by atoms with E-state index in [0.29, 0.717) is 0 Å². The third-order valence-corrected chi connectivity index (χ3v) is 6.72. The van der Waals surface area contributed by atoms with Crippen molar-refractivity contribution in [1.82, 2.24) is 19.2 Å². The van der Waals surface area contributed by atoms with E-state index in [1.165, 1.54) is 27.8 Å². The molecule has 0 radical (unpaired) electrons. The molecular formula is C26H20N4S. The maximum Gasteiger partial charge on any atom is 0.156 e. The zero-order chi connectivity index (χ0) is 20.9. The Labute approximate surface area is 184 Å². The number of rotatable bonds is 3. The summed E-state index contributed by atoms with van der Waals surface area (Å²) >= 11 is 1.71. The molecule has 6 aromatic rings. The summed E-state index contributed by atoms with van der Waals surface area (Å²) in [6, 6.07) is 25.5. The molecule has 0 unspecified atom stereocenters. The number of nitrogens with zero attached hydrogens (tertiary/aromatic N) is 4. The van der Waals surface area contributed by atoms with E-state index in [2.05, 4.69) is 95.5 Å². The van der Waals surface area contributed by atoms with Crippen molar-refractivity contribution < 1.29 is 0 Å². The van der Waals surface area contributed by atoms with Crippen molar-refractivity contribution in [3.8, 4) is 27.5 Å². The number of benzene rings is 2. The van der Waals surface area contributed by atoms with Crippen molar-refractivity contribution in [2.75, 3.05) is 0 Å². The average Bonchev–Trinajstić information content (AvgIpc) is 3.51. The lowest BCUT2D eigenvalue weighted by molar-refractivity contribution is 0.946. The van der Waals surface area contributed by atoms with E-state index in [0.717, 1.165) is 27.5 Å². The van der Waals surface area contributed by atoms with Crippen LogP contribution in [0.15, 0.2) is 84.4 Å². The highest BCUT2D eigenvalue weighted by Crippen LogP contribution is 2.34. The lowest BCUT2D eigenvalue weighted by Gasteiger charge is -2.09. The van der Waals surface area contributed by atoms with Gasteiger partial charge in [0, 0.05) is 29.2 Å². The summed E-state index contributed by atoms with van der Waals surface area (Å²) in [5.41, 5.74) is 7.56. The molecular weight excluding hydrogens is 400 g/mol. The van der Waals surface area contributed by atoms with Crippen LogP contribution in [0, 0.1) is 13.8 Å². The van der Waals surface area contributed by atoms with Crippen molar-refractivity contribution in [3.05, 3.63) is 95.8 Å². The van der Waals surface area contributed by atoms with Gasteiger partial charge in [0.25, 0.3) is 0 Å². The molecule has 0 atom stereocenters. The maximum atomic E-state index is 4.99. The van der Waals surface area contributed by atoms with Crippen molar-refractivity contribution in [1.29, 1.82) is 0 Å². The third kappa shape index (κ3) is 2.89. The van der Waals surface area contributed by atoms with Crippen molar-refractivity contribution >= 4 is 27.8 Å². The Balaban J connectivity index is 1.52. The van der Waals surface area contributed by atoms with Gasteiger partial charge in [0.15, 0.2) is 5.65 Å². The van der Waals surface area contributed by atoms with Gasteiger partial charge in [-0.1, -0.05) is 36.4 Å². The summed E-state index contributed by atoms with van der Waals surface area (Å²) in [6.07, 6.45) is 1.86. The molecule has 4 heterocycles. The topological polar surface area (TPSA) is 35.1 Å². The molecule has 31 heavy (non-hydrogen) atoms. The Bertz CT molecular complexity index is 1550. The second kappa shape index (κ2) is 6.93. The van der Waals surface area contributed by atoms with Gasteiger partial charge in [-0.15, -0.1) is 11.3 Å². The average molecular weight is 421 g/mol. The first-order valence-electron chi connectivity index (χ1n) is 10.3. The Morgan fingerprint density at radius 3 is 2.45 bits per heavy atom. The zero-order valence-corrected chi connectivity index (χ0v) is 18.1. The fourth-order valence-corrected chi connectivity index (χ4v) is 5.13. The molecule has 150 valence electrons. The molecule has 0 aliphatic heterocycles. The highest BCUT2D eigenvalue weighted by atomic mass is 32.1. The van der Waals surface area contributed by atoms with Crippen LogP contribution >= 0.6 is 11.3 Å². The number of aryl methyl sites for hydroxylation is 2. The Kier molecular flexibility index (Phi) is 4.04. The molecule has 0 N–H and O–H groups in total.